The number of hydrogen-bond donors (Lipinski definition) is 2. The molecule has 1 aromatic carbocycles. The number of rotatable bonds is 3. The van der Waals surface area contributed by atoms with Crippen molar-refractivity contribution in [2.24, 2.45) is 0 Å². The summed E-state index contributed by atoms with van der Waals surface area (Å²) in [5.41, 5.74) is 1.38. The van der Waals surface area contributed by atoms with Crippen LogP contribution in [-0.4, -0.2) is 43.3 Å². The van der Waals surface area contributed by atoms with Crippen molar-refractivity contribution in [2.45, 2.75) is 6.42 Å². The second kappa shape index (κ2) is 4.92. The summed E-state index contributed by atoms with van der Waals surface area (Å²) in [7, 11) is 0. The third-order valence-corrected chi connectivity index (χ3v) is 3.23. The fraction of sp³-hybridized carbons (Fsp3) is 0.385. The molecule has 0 aliphatic carbocycles. The van der Waals surface area contributed by atoms with Crippen LogP contribution in [0.15, 0.2) is 12.1 Å². The third kappa shape index (κ3) is 2.22. The molecular weight excluding hydrogens is 264 g/mol. The predicted octanol–water partition coefficient (Wildman–Crippen LogP) is 0.691. The highest BCUT2D eigenvalue weighted by molar-refractivity contribution is 6.03. The minimum absolute atomic E-state index is 0.0976. The van der Waals surface area contributed by atoms with Gasteiger partial charge in [-0.2, -0.15) is 0 Å². The number of carboxylic acid groups (broad SMARTS) is 1. The van der Waals surface area contributed by atoms with E-state index in [1.807, 2.05) is 0 Å². The van der Waals surface area contributed by atoms with Gasteiger partial charge in [0.1, 0.15) is 13.2 Å². The zero-order valence-corrected chi connectivity index (χ0v) is 10.7. The number of nitrogens with one attached hydrogen (secondary N) is 1. The molecule has 7 nitrogen and oxygen atoms in total. The number of aliphatic carboxylic acids is 1. The zero-order chi connectivity index (χ0) is 14.1. The lowest BCUT2D eigenvalue weighted by atomic mass is 10.1. The molecule has 0 saturated heterocycles. The highest BCUT2D eigenvalue weighted by Gasteiger charge is 2.27. The average molecular weight is 278 g/mol. The van der Waals surface area contributed by atoms with E-state index < -0.39 is 5.97 Å². The second-order valence-corrected chi connectivity index (χ2v) is 4.56. The van der Waals surface area contributed by atoms with E-state index in [0.717, 1.165) is 5.69 Å². The molecule has 0 fully saturated rings. The molecule has 2 N–H and O–H groups in total. The molecule has 2 aliphatic rings. The molecule has 1 aromatic rings. The van der Waals surface area contributed by atoms with Crippen molar-refractivity contribution in [3.8, 4) is 11.5 Å². The van der Waals surface area contributed by atoms with Crippen molar-refractivity contribution in [1.82, 2.24) is 0 Å². The van der Waals surface area contributed by atoms with E-state index in [0.29, 0.717) is 30.4 Å². The van der Waals surface area contributed by atoms with Crippen LogP contribution < -0.4 is 19.7 Å². The first kappa shape index (κ1) is 12.6. The molecule has 106 valence electrons. The predicted molar refractivity (Wildman–Crippen MR) is 70.5 cm³/mol. The number of anilines is 2. The molecule has 0 atom stereocenters. The minimum Gasteiger partial charge on any atom is -0.486 e. The molecule has 0 saturated carbocycles. The monoisotopic (exact) mass is 278 g/mol. The number of fused-ring (bicyclic) bond motifs is 2. The van der Waals surface area contributed by atoms with Crippen molar-refractivity contribution >= 4 is 23.3 Å². The Morgan fingerprint density at radius 2 is 2.00 bits per heavy atom. The van der Waals surface area contributed by atoms with Crippen LogP contribution in [-0.2, 0) is 9.59 Å². The molecular formula is C13H14N2O5. The fourth-order valence-electron chi connectivity index (χ4n) is 2.30. The van der Waals surface area contributed by atoms with Crippen molar-refractivity contribution < 1.29 is 24.2 Å². The first-order chi connectivity index (χ1) is 9.65. The number of ether oxygens (including phenoxy) is 2. The topological polar surface area (TPSA) is 88.1 Å². The van der Waals surface area contributed by atoms with Gasteiger partial charge < -0.3 is 24.8 Å². The van der Waals surface area contributed by atoms with Crippen LogP contribution in [0, 0.1) is 0 Å². The van der Waals surface area contributed by atoms with E-state index in [-0.39, 0.29) is 25.4 Å². The Balaban J connectivity index is 1.94. The van der Waals surface area contributed by atoms with Gasteiger partial charge in [-0.25, -0.2) is 0 Å². The first-order valence-electron chi connectivity index (χ1n) is 6.35. The van der Waals surface area contributed by atoms with Crippen LogP contribution in [0.4, 0.5) is 11.4 Å². The maximum absolute atomic E-state index is 11.9. The van der Waals surface area contributed by atoms with Crippen molar-refractivity contribution in [2.75, 3.05) is 36.5 Å². The normalized spacial score (nSPS) is 16.4. The van der Waals surface area contributed by atoms with Gasteiger partial charge in [-0.05, 0) is 0 Å². The molecule has 0 bridgehead atoms. The van der Waals surface area contributed by atoms with E-state index in [1.54, 1.807) is 12.1 Å². The van der Waals surface area contributed by atoms with Crippen LogP contribution in [0.5, 0.6) is 11.5 Å². The summed E-state index contributed by atoms with van der Waals surface area (Å²) in [6.45, 7) is 1.24. The van der Waals surface area contributed by atoms with E-state index in [4.69, 9.17) is 14.6 Å². The molecule has 2 heterocycles. The fourth-order valence-corrected chi connectivity index (χ4v) is 2.30. The molecule has 2 aliphatic heterocycles. The lowest BCUT2D eigenvalue weighted by Gasteiger charge is -2.31. The van der Waals surface area contributed by atoms with Crippen LogP contribution in [0.1, 0.15) is 6.42 Å². The maximum Gasteiger partial charge on any atom is 0.305 e. The molecule has 0 radical (unpaired) electrons. The Bertz CT molecular complexity index is 572. The highest BCUT2D eigenvalue weighted by atomic mass is 16.6. The van der Waals surface area contributed by atoms with Crippen LogP contribution >= 0.6 is 0 Å². The Morgan fingerprint density at radius 1 is 1.30 bits per heavy atom. The van der Waals surface area contributed by atoms with Crippen LogP contribution in [0.25, 0.3) is 0 Å². The van der Waals surface area contributed by atoms with Gasteiger partial charge in [0, 0.05) is 18.7 Å². The molecule has 20 heavy (non-hydrogen) atoms. The van der Waals surface area contributed by atoms with E-state index in [1.165, 1.54) is 4.90 Å². The van der Waals surface area contributed by atoms with Gasteiger partial charge in [0.05, 0.1) is 24.3 Å². The number of nitrogens with zero attached hydrogens (tertiary/aromatic N) is 1. The Hall–Kier alpha value is -2.44. The molecule has 0 aromatic heterocycles. The van der Waals surface area contributed by atoms with E-state index in [9.17, 15) is 9.59 Å². The standard InChI is InChI=1S/C13H14N2O5/c16-12-7-14-8-5-10-11(20-4-3-19-10)6-9(8)15(12)2-1-13(17)18/h5-6,14H,1-4,7H2,(H,17,18). The number of benzene rings is 1. The molecule has 0 unspecified atom stereocenters. The van der Waals surface area contributed by atoms with Gasteiger partial charge in [0.2, 0.25) is 5.91 Å². The summed E-state index contributed by atoms with van der Waals surface area (Å²) in [6.07, 6.45) is -0.0976. The van der Waals surface area contributed by atoms with E-state index >= 15 is 0 Å². The summed E-state index contributed by atoms with van der Waals surface area (Å²) in [6, 6.07) is 3.50. The largest absolute Gasteiger partial charge is 0.486 e. The molecule has 7 heteroatoms. The number of carbonyl (C=O) groups excluding carboxylic acids is 1. The average Bonchev–Trinajstić information content (AvgIpc) is 2.44. The maximum atomic E-state index is 11.9. The summed E-state index contributed by atoms with van der Waals surface area (Å²) < 4.78 is 11.0. The van der Waals surface area contributed by atoms with Gasteiger partial charge in [-0.3, -0.25) is 9.59 Å². The Kier molecular flexibility index (Phi) is 3.09. The summed E-state index contributed by atoms with van der Waals surface area (Å²) in [4.78, 5) is 24.1. The summed E-state index contributed by atoms with van der Waals surface area (Å²) >= 11 is 0. The third-order valence-electron chi connectivity index (χ3n) is 3.23. The van der Waals surface area contributed by atoms with Gasteiger partial charge in [-0.1, -0.05) is 0 Å². The minimum atomic E-state index is -0.935. The number of hydrogen-bond acceptors (Lipinski definition) is 5. The van der Waals surface area contributed by atoms with E-state index in [2.05, 4.69) is 5.32 Å². The quantitative estimate of drug-likeness (QED) is 0.845. The molecule has 3 rings (SSSR count). The van der Waals surface area contributed by atoms with Crippen LogP contribution in [0.3, 0.4) is 0 Å². The van der Waals surface area contributed by atoms with Crippen molar-refractivity contribution in [3.05, 3.63) is 12.1 Å². The summed E-state index contributed by atoms with van der Waals surface area (Å²) in [5.74, 6) is 0.118. The van der Waals surface area contributed by atoms with Crippen LogP contribution in [0.2, 0.25) is 0 Å². The Morgan fingerprint density at radius 3 is 2.70 bits per heavy atom. The van der Waals surface area contributed by atoms with Gasteiger partial charge in [0.25, 0.3) is 0 Å². The Labute approximate surface area is 115 Å². The van der Waals surface area contributed by atoms with Crippen molar-refractivity contribution in [3.63, 3.8) is 0 Å². The van der Waals surface area contributed by atoms with Crippen molar-refractivity contribution in [1.29, 1.82) is 0 Å². The number of carbonyl (C=O) groups is 2. The van der Waals surface area contributed by atoms with Gasteiger partial charge >= 0.3 is 5.97 Å². The lowest BCUT2D eigenvalue weighted by molar-refractivity contribution is -0.136. The SMILES string of the molecule is O=C(O)CCN1C(=O)CNc2cc3c(cc21)OCCO3. The van der Waals surface area contributed by atoms with Gasteiger partial charge in [-0.15, -0.1) is 0 Å². The second-order valence-electron chi connectivity index (χ2n) is 4.56. The van der Waals surface area contributed by atoms with Gasteiger partial charge in [0.15, 0.2) is 11.5 Å². The smallest absolute Gasteiger partial charge is 0.305 e. The number of carboxylic acids is 1. The zero-order valence-electron chi connectivity index (χ0n) is 10.7. The summed E-state index contributed by atoms with van der Waals surface area (Å²) in [5, 5.41) is 11.8. The highest BCUT2D eigenvalue weighted by Crippen LogP contribution is 2.41. The molecule has 0 spiro atoms. The first-order valence-corrected chi connectivity index (χ1v) is 6.35. The number of amides is 1. The molecule has 1 amide bonds. The lowest BCUT2D eigenvalue weighted by Crippen LogP contribution is -2.41.